The Kier molecular flexibility index (Phi) is 6.18. The molecule has 0 aliphatic carbocycles. The molecule has 3 heterocycles. The Balaban J connectivity index is 1.53. The third kappa shape index (κ3) is 4.32. The summed E-state index contributed by atoms with van der Waals surface area (Å²) in [6.07, 6.45) is 2.46. The quantitative estimate of drug-likeness (QED) is 0.555. The lowest BCUT2D eigenvalue weighted by Crippen LogP contribution is -2.36. The number of benzene rings is 1. The third-order valence-electron chi connectivity index (χ3n) is 5.50. The number of aryl methyl sites for hydroxylation is 1. The minimum atomic E-state index is -0.0517. The Hall–Kier alpha value is -1.96. The van der Waals surface area contributed by atoms with Gasteiger partial charge in [0.05, 0.1) is 28.7 Å². The average molecular weight is 473 g/mol. The summed E-state index contributed by atoms with van der Waals surface area (Å²) in [5.41, 5.74) is 3.22. The smallest absolute Gasteiger partial charge is 0.255 e. The Labute approximate surface area is 183 Å². The van der Waals surface area contributed by atoms with Crippen molar-refractivity contribution in [1.29, 1.82) is 0 Å². The molecule has 0 saturated carbocycles. The summed E-state index contributed by atoms with van der Waals surface area (Å²) in [5, 5.41) is 9.91. The van der Waals surface area contributed by atoms with Crippen LogP contribution in [0.4, 0.5) is 0 Å². The number of carbonyl (C=O) groups is 1. The predicted molar refractivity (Wildman–Crippen MR) is 121 cm³/mol. The number of likely N-dealkylation sites (tertiary alicyclic amines) is 1. The first kappa shape index (κ1) is 20.3. The molecule has 1 aromatic carbocycles. The third-order valence-corrected chi connectivity index (χ3v) is 7.00. The van der Waals surface area contributed by atoms with Gasteiger partial charge < -0.3 is 5.32 Å². The first-order chi connectivity index (χ1) is 14.0. The minimum Gasteiger partial charge on any atom is -0.350 e. The van der Waals surface area contributed by atoms with E-state index < -0.39 is 0 Å². The second kappa shape index (κ2) is 8.81. The molecule has 0 radical (unpaired) electrons. The predicted octanol–water partition coefficient (Wildman–Crippen LogP) is 4.88. The molecule has 3 aromatic rings. The monoisotopic (exact) mass is 472 g/mol. The molecule has 1 amide bonds. The minimum absolute atomic E-state index is 0.0517. The van der Waals surface area contributed by atoms with Crippen molar-refractivity contribution < 1.29 is 4.79 Å². The fraction of sp³-hybridized carbons (Fsp3) is 0.364. The van der Waals surface area contributed by atoms with Crippen LogP contribution in [0.5, 0.6) is 0 Å². The highest BCUT2D eigenvalue weighted by molar-refractivity contribution is 9.10. The zero-order chi connectivity index (χ0) is 20.4. The van der Waals surface area contributed by atoms with Crippen LogP contribution < -0.4 is 5.32 Å². The van der Waals surface area contributed by atoms with Crippen molar-refractivity contribution in [3.63, 3.8) is 0 Å². The van der Waals surface area contributed by atoms with Crippen LogP contribution in [0.25, 0.3) is 5.69 Å². The lowest BCUT2D eigenvalue weighted by Gasteiger charge is -2.27. The van der Waals surface area contributed by atoms with E-state index in [0.717, 1.165) is 34.6 Å². The maximum atomic E-state index is 13.1. The number of nitrogens with zero attached hydrogens (tertiary/aromatic N) is 3. The van der Waals surface area contributed by atoms with E-state index in [0.29, 0.717) is 12.1 Å². The molecule has 1 N–H and O–H groups in total. The van der Waals surface area contributed by atoms with Gasteiger partial charge in [-0.05, 0) is 75.5 Å². The highest BCUT2D eigenvalue weighted by atomic mass is 79.9. The van der Waals surface area contributed by atoms with Gasteiger partial charge in [0.2, 0.25) is 0 Å². The normalized spacial score (nSPS) is 15.6. The van der Waals surface area contributed by atoms with Crippen LogP contribution in [0.2, 0.25) is 0 Å². The molecule has 1 unspecified atom stereocenters. The fourth-order valence-electron chi connectivity index (χ4n) is 4.03. The SMILES string of the molecule is Cc1nn(-c2ccc(Br)cc2)c(C)c1C(=O)NCC(c1cccs1)N1CCCC1. The van der Waals surface area contributed by atoms with Crippen molar-refractivity contribution in [2.45, 2.75) is 32.7 Å². The lowest BCUT2D eigenvalue weighted by atomic mass is 10.1. The molecule has 1 saturated heterocycles. The van der Waals surface area contributed by atoms with Crippen molar-refractivity contribution in [1.82, 2.24) is 20.0 Å². The fourth-order valence-corrected chi connectivity index (χ4v) is 5.15. The molecule has 0 bridgehead atoms. The summed E-state index contributed by atoms with van der Waals surface area (Å²) >= 11 is 5.22. The van der Waals surface area contributed by atoms with Gasteiger partial charge in [0.25, 0.3) is 5.91 Å². The van der Waals surface area contributed by atoms with Crippen LogP contribution in [0, 0.1) is 13.8 Å². The Bertz CT molecular complexity index is 975. The van der Waals surface area contributed by atoms with Crippen molar-refractivity contribution in [2.24, 2.45) is 0 Å². The molecule has 152 valence electrons. The number of rotatable bonds is 6. The van der Waals surface area contributed by atoms with Gasteiger partial charge in [0.1, 0.15) is 0 Å². The zero-order valence-corrected chi connectivity index (χ0v) is 19.1. The summed E-state index contributed by atoms with van der Waals surface area (Å²) < 4.78 is 2.86. The van der Waals surface area contributed by atoms with E-state index in [-0.39, 0.29) is 11.9 Å². The maximum Gasteiger partial charge on any atom is 0.255 e. The van der Waals surface area contributed by atoms with Crippen LogP contribution in [0.15, 0.2) is 46.3 Å². The van der Waals surface area contributed by atoms with Crippen molar-refractivity contribution >= 4 is 33.2 Å². The second-order valence-corrected chi connectivity index (χ2v) is 9.31. The number of amides is 1. The number of hydrogen-bond donors (Lipinski definition) is 1. The first-order valence-corrected chi connectivity index (χ1v) is 11.6. The Morgan fingerprint density at radius 3 is 2.59 bits per heavy atom. The summed E-state index contributed by atoms with van der Waals surface area (Å²) in [6.45, 7) is 6.65. The largest absolute Gasteiger partial charge is 0.350 e. The summed E-state index contributed by atoms with van der Waals surface area (Å²) in [5.74, 6) is -0.0517. The highest BCUT2D eigenvalue weighted by Crippen LogP contribution is 2.28. The van der Waals surface area contributed by atoms with Crippen LogP contribution in [-0.2, 0) is 0 Å². The van der Waals surface area contributed by atoms with Gasteiger partial charge in [-0.3, -0.25) is 9.69 Å². The average Bonchev–Trinajstić information content (AvgIpc) is 3.46. The lowest BCUT2D eigenvalue weighted by molar-refractivity contribution is 0.0937. The van der Waals surface area contributed by atoms with E-state index in [9.17, 15) is 4.79 Å². The molecule has 29 heavy (non-hydrogen) atoms. The van der Waals surface area contributed by atoms with Gasteiger partial charge in [-0.2, -0.15) is 5.10 Å². The van der Waals surface area contributed by atoms with E-state index >= 15 is 0 Å². The number of nitrogens with one attached hydrogen (secondary N) is 1. The van der Waals surface area contributed by atoms with Crippen molar-refractivity contribution in [3.05, 3.63) is 68.1 Å². The van der Waals surface area contributed by atoms with Gasteiger partial charge in [-0.25, -0.2) is 4.68 Å². The number of carbonyl (C=O) groups excluding carboxylic acids is 1. The molecule has 2 aromatic heterocycles. The molecule has 7 heteroatoms. The molecule has 4 rings (SSSR count). The van der Waals surface area contributed by atoms with Gasteiger partial charge in [-0.15, -0.1) is 11.3 Å². The molecule has 0 spiro atoms. The number of halogens is 1. The standard InChI is InChI=1S/C22H25BrN4OS/c1-15-21(16(2)27(25-15)18-9-7-17(23)8-10-18)22(28)24-14-19(20-6-5-13-29-20)26-11-3-4-12-26/h5-10,13,19H,3-4,11-12,14H2,1-2H3,(H,24,28). The summed E-state index contributed by atoms with van der Waals surface area (Å²) in [6, 6.07) is 12.4. The van der Waals surface area contributed by atoms with Crippen LogP contribution in [0.1, 0.15) is 45.5 Å². The van der Waals surface area contributed by atoms with E-state index in [1.54, 1.807) is 11.3 Å². The van der Waals surface area contributed by atoms with Crippen molar-refractivity contribution in [2.75, 3.05) is 19.6 Å². The number of hydrogen-bond acceptors (Lipinski definition) is 4. The summed E-state index contributed by atoms with van der Waals surface area (Å²) in [7, 11) is 0. The highest BCUT2D eigenvalue weighted by Gasteiger charge is 2.26. The van der Waals surface area contributed by atoms with Crippen LogP contribution in [0.3, 0.4) is 0 Å². The Morgan fingerprint density at radius 1 is 1.21 bits per heavy atom. The molecular formula is C22H25BrN4OS. The van der Waals surface area contributed by atoms with Crippen LogP contribution in [-0.4, -0.2) is 40.2 Å². The van der Waals surface area contributed by atoms with Crippen LogP contribution >= 0.6 is 27.3 Å². The van der Waals surface area contributed by atoms with Gasteiger partial charge in [-0.1, -0.05) is 22.0 Å². The molecule has 1 aliphatic rings. The molecular weight excluding hydrogens is 448 g/mol. The molecule has 5 nitrogen and oxygen atoms in total. The van der Waals surface area contributed by atoms with E-state index in [1.807, 2.05) is 42.8 Å². The number of thiophene rings is 1. The molecule has 1 aliphatic heterocycles. The van der Waals surface area contributed by atoms with Gasteiger partial charge in [0, 0.05) is 15.9 Å². The van der Waals surface area contributed by atoms with Gasteiger partial charge in [0.15, 0.2) is 0 Å². The van der Waals surface area contributed by atoms with E-state index in [2.05, 4.69) is 48.8 Å². The second-order valence-electron chi connectivity index (χ2n) is 7.42. The maximum absolute atomic E-state index is 13.1. The van der Waals surface area contributed by atoms with Gasteiger partial charge >= 0.3 is 0 Å². The van der Waals surface area contributed by atoms with Crippen molar-refractivity contribution in [3.8, 4) is 5.69 Å². The topological polar surface area (TPSA) is 50.2 Å². The Morgan fingerprint density at radius 2 is 1.93 bits per heavy atom. The summed E-state index contributed by atoms with van der Waals surface area (Å²) in [4.78, 5) is 16.9. The van der Waals surface area contributed by atoms with E-state index in [1.165, 1.54) is 17.7 Å². The molecule has 1 fully saturated rings. The number of aromatic nitrogens is 2. The zero-order valence-electron chi connectivity index (χ0n) is 16.7. The molecule has 1 atom stereocenters. The van der Waals surface area contributed by atoms with E-state index in [4.69, 9.17) is 0 Å². The first-order valence-electron chi connectivity index (χ1n) is 9.92.